The summed E-state index contributed by atoms with van der Waals surface area (Å²) in [6.45, 7) is -0.00611. The van der Waals surface area contributed by atoms with E-state index in [1.165, 1.54) is 24.3 Å². The van der Waals surface area contributed by atoms with Gasteiger partial charge in [0.25, 0.3) is 0 Å². The van der Waals surface area contributed by atoms with Crippen LogP contribution in [0, 0.1) is 0 Å². The normalized spacial score (nSPS) is 9.26. The second-order valence-electron chi connectivity index (χ2n) is 4.11. The van der Waals surface area contributed by atoms with Crippen molar-refractivity contribution in [3.05, 3.63) is 47.5 Å². The van der Waals surface area contributed by atoms with Crippen molar-refractivity contribution in [2.45, 2.75) is 6.61 Å². The number of carbonyl (C=O) groups is 1. The van der Waals surface area contributed by atoms with Gasteiger partial charge < -0.3 is 25.5 Å². The largest absolute Gasteiger partial charge is 0.504 e. The van der Waals surface area contributed by atoms with Crippen molar-refractivity contribution in [2.24, 2.45) is 0 Å². The van der Waals surface area contributed by atoms with Gasteiger partial charge in [-0.2, -0.15) is 0 Å². The van der Waals surface area contributed by atoms with Crippen LogP contribution in [-0.2, 0) is 37.7 Å². The van der Waals surface area contributed by atoms with Gasteiger partial charge >= 0.3 is 5.97 Å². The molecule has 0 spiro atoms. The Morgan fingerprint density at radius 3 is 1.83 bits per heavy atom. The van der Waals surface area contributed by atoms with Crippen LogP contribution in [0.3, 0.4) is 0 Å². The molecule has 0 saturated heterocycles. The van der Waals surface area contributed by atoms with Gasteiger partial charge in [0.2, 0.25) is 0 Å². The maximum absolute atomic E-state index is 10.3. The molecule has 0 aliphatic rings. The minimum absolute atomic E-state index is 0. The van der Waals surface area contributed by atoms with Crippen LogP contribution in [0.15, 0.2) is 36.4 Å². The minimum Gasteiger partial charge on any atom is -0.504 e. The zero-order valence-electron chi connectivity index (χ0n) is 11.7. The number of phenols is 4. The summed E-state index contributed by atoms with van der Waals surface area (Å²) in [4.78, 5) is 14.1. The van der Waals surface area contributed by atoms with Crippen LogP contribution in [0.5, 0.6) is 23.0 Å². The van der Waals surface area contributed by atoms with Crippen LogP contribution < -0.4 is 0 Å². The second kappa shape index (κ2) is 9.83. The average Bonchev–Trinajstić information content (AvgIpc) is 2.47. The Kier molecular flexibility index (Phi) is 8.94. The summed E-state index contributed by atoms with van der Waals surface area (Å²) in [7, 11) is 0. The monoisotopic (exact) mass is 400 g/mol. The first-order chi connectivity index (χ1) is 10.3. The molecule has 0 radical (unpaired) electrons. The van der Waals surface area contributed by atoms with Gasteiger partial charge in [-0.1, -0.05) is 6.07 Å². The molecule has 2 aromatic carbocycles. The first-order valence-corrected chi connectivity index (χ1v) is 5.87. The van der Waals surface area contributed by atoms with E-state index < -0.39 is 11.7 Å². The molecule has 9 heteroatoms. The van der Waals surface area contributed by atoms with E-state index in [2.05, 4.69) is 4.89 Å². The molecule has 23 heavy (non-hydrogen) atoms. The third-order valence-electron chi connectivity index (χ3n) is 2.49. The molecule has 0 heterocycles. The summed E-state index contributed by atoms with van der Waals surface area (Å²) < 4.78 is 0. The molecule has 2 rings (SSSR count). The summed E-state index contributed by atoms with van der Waals surface area (Å²) in [5, 5.41) is 51.9. The van der Waals surface area contributed by atoms with E-state index in [-0.39, 0.29) is 55.6 Å². The summed E-state index contributed by atoms with van der Waals surface area (Å²) in [6.07, 6.45) is 0. The molecule has 0 saturated carbocycles. The summed E-state index contributed by atoms with van der Waals surface area (Å²) >= 11 is 0. The van der Waals surface area contributed by atoms with E-state index in [0.717, 1.165) is 12.1 Å². The molecule has 0 bridgehead atoms. The summed E-state index contributed by atoms with van der Waals surface area (Å²) in [5.41, 5.74) is 0.531. The zero-order chi connectivity index (χ0) is 16.7. The van der Waals surface area contributed by atoms with Gasteiger partial charge in [-0.05, 0) is 35.9 Å². The van der Waals surface area contributed by atoms with Gasteiger partial charge in [0, 0.05) is 26.2 Å². The van der Waals surface area contributed by atoms with Gasteiger partial charge in [0.05, 0.1) is 5.56 Å². The Morgan fingerprint density at radius 1 is 0.870 bits per heavy atom. The van der Waals surface area contributed by atoms with Crippen molar-refractivity contribution in [3.8, 4) is 23.0 Å². The number of hydrogen-bond acceptors (Lipinski definition) is 7. The molecule has 0 amide bonds. The predicted molar refractivity (Wildman–Crippen MR) is 73.9 cm³/mol. The zero-order valence-corrected chi connectivity index (χ0v) is 14.1. The van der Waals surface area contributed by atoms with Crippen molar-refractivity contribution in [1.29, 1.82) is 0 Å². The van der Waals surface area contributed by atoms with Crippen LogP contribution >= 0.6 is 0 Å². The smallest absolute Gasteiger partial charge is 0.335 e. The van der Waals surface area contributed by atoms with Crippen molar-refractivity contribution in [3.63, 3.8) is 0 Å². The van der Waals surface area contributed by atoms with E-state index in [1.54, 1.807) is 0 Å². The molecule has 6 N–H and O–H groups in total. The second-order valence-corrected chi connectivity index (χ2v) is 4.11. The van der Waals surface area contributed by atoms with Gasteiger partial charge in [-0.3, -0.25) is 5.26 Å². The topological polar surface area (TPSA) is 148 Å². The molecule has 0 aromatic heterocycles. The molecule has 0 atom stereocenters. The number of carboxylic acid groups (broad SMARTS) is 1. The third-order valence-corrected chi connectivity index (χ3v) is 2.49. The van der Waals surface area contributed by atoms with Crippen LogP contribution in [0.25, 0.3) is 0 Å². The number of phenolic OH excluding ortho intramolecular Hbond substituents is 4. The molecule has 122 valence electrons. The first kappa shape index (κ1) is 20.9. The van der Waals surface area contributed by atoms with Crippen molar-refractivity contribution in [1.82, 2.24) is 0 Å². The van der Waals surface area contributed by atoms with Crippen molar-refractivity contribution >= 4 is 5.97 Å². The number of aromatic carboxylic acids is 1. The quantitative estimate of drug-likeness (QED) is 0.259. The van der Waals surface area contributed by atoms with Gasteiger partial charge in [0.1, 0.15) is 6.61 Å². The number of carboxylic acids is 1. The molecule has 0 fully saturated rings. The SMILES string of the molecule is O=C(O)c1ccc(O)c(O)c1.OOCc1ccc(O)c(O)c1.[Zr]. The molecular weight excluding hydrogens is 387 g/mol. The Bertz CT molecular complexity index is 659. The standard InChI is InChI=1S/C7H8O4.C7H6O4.Zr/c8-6-2-1-5(4-11-10)3-7(6)9;8-5-2-1-4(7(10)11)3-6(5)9;/h1-3,8-10H,4H2;1-3,8-9H,(H,10,11);. The Labute approximate surface area is 149 Å². The molecule has 0 aliphatic carbocycles. The number of benzene rings is 2. The average molecular weight is 401 g/mol. The van der Waals surface area contributed by atoms with Gasteiger partial charge in [0.15, 0.2) is 23.0 Å². The van der Waals surface area contributed by atoms with E-state index in [4.69, 9.17) is 30.8 Å². The Hall–Kier alpha value is -2.09. The predicted octanol–water partition coefficient (Wildman–Crippen LogP) is 1.88. The van der Waals surface area contributed by atoms with Crippen LogP contribution in [0.4, 0.5) is 0 Å². The van der Waals surface area contributed by atoms with E-state index >= 15 is 0 Å². The van der Waals surface area contributed by atoms with Crippen LogP contribution in [-0.4, -0.2) is 36.8 Å². The maximum Gasteiger partial charge on any atom is 0.335 e. The Morgan fingerprint density at radius 2 is 1.39 bits per heavy atom. The number of aromatic hydroxyl groups is 4. The fraction of sp³-hybridized carbons (Fsp3) is 0.0714. The summed E-state index contributed by atoms with van der Waals surface area (Å²) in [6, 6.07) is 7.48. The fourth-order valence-corrected chi connectivity index (χ4v) is 1.39. The summed E-state index contributed by atoms with van der Waals surface area (Å²) in [5.74, 6) is -2.30. The van der Waals surface area contributed by atoms with Crippen molar-refractivity contribution < 1.29 is 66.7 Å². The molecule has 0 unspecified atom stereocenters. The van der Waals surface area contributed by atoms with Gasteiger partial charge in [-0.25, -0.2) is 9.68 Å². The minimum atomic E-state index is -1.14. The van der Waals surface area contributed by atoms with E-state index in [0.29, 0.717) is 5.56 Å². The van der Waals surface area contributed by atoms with E-state index in [1.807, 2.05) is 0 Å². The van der Waals surface area contributed by atoms with Crippen molar-refractivity contribution in [2.75, 3.05) is 0 Å². The molecule has 0 aliphatic heterocycles. The fourth-order valence-electron chi connectivity index (χ4n) is 1.39. The number of hydrogen-bond donors (Lipinski definition) is 6. The number of rotatable bonds is 3. The maximum atomic E-state index is 10.3. The van der Waals surface area contributed by atoms with Crippen LogP contribution in [0.2, 0.25) is 0 Å². The third kappa shape index (κ3) is 6.69. The molecular formula is C14H14O8Zr. The van der Waals surface area contributed by atoms with E-state index in [9.17, 15) is 4.79 Å². The molecule has 8 nitrogen and oxygen atoms in total. The Balaban J connectivity index is 0.000000403. The molecule has 2 aromatic rings. The first-order valence-electron chi connectivity index (χ1n) is 5.87. The van der Waals surface area contributed by atoms with Crippen LogP contribution in [0.1, 0.15) is 15.9 Å². The van der Waals surface area contributed by atoms with Gasteiger partial charge in [-0.15, -0.1) is 0 Å².